The van der Waals surface area contributed by atoms with Crippen LogP contribution in [0.5, 0.6) is 0 Å². The molecule has 0 saturated heterocycles. The summed E-state index contributed by atoms with van der Waals surface area (Å²) in [4.78, 5) is 8.65. The first-order valence-corrected chi connectivity index (χ1v) is 8.32. The summed E-state index contributed by atoms with van der Waals surface area (Å²) in [5.41, 5.74) is 6.88. The van der Waals surface area contributed by atoms with Gasteiger partial charge in [0.1, 0.15) is 0 Å². The first-order chi connectivity index (χ1) is 12.1. The Balaban J connectivity index is 1.82. The third-order valence-electron chi connectivity index (χ3n) is 4.78. The number of hydrogen-bond acceptors (Lipinski definition) is 4. The fourth-order valence-corrected chi connectivity index (χ4v) is 3.54. The van der Waals surface area contributed by atoms with Gasteiger partial charge in [-0.05, 0) is 43.7 Å². The van der Waals surface area contributed by atoms with Crippen LogP contribution < -0.4 is 9.80 Å². The van der Waals surface area contributed by atoms with Crippen molar-refractivity contribution in [1.29, 1.82) is 0 Å². The van der Waals surface area contributed by atoms with Crippen molar-refractivity contribution in [3.63, 3.8) is 0 Å². The van der Waals surface area contributed by atoms with Gasteiger partial charge in [0.2, 0.25) is 12.4 Å². The number of aromatic nitrogens is 1. The predicted octanol–water partition coefficient (Wildman–Crippen LogP) is 5.18. The minimum atomic E-state index is 0.683. The van der Waals surface area contributed by atoms with Crippen molar-refractivity contribution in [1.82, 2.24) is 4.98 Å². The lowest BCUT2D eigenvalue weighted by Crippen LogP contribution is -2.18. The van der Waals surface area contributed by atoms with Gasteiger partial charge in [0.15, 0.2) is 5.58 Å². The molecule has 0 atom stereocenters. The van der Waals surface area contributed by atoms with Crippen molar-refractivity contribution in [3.8, 4) is 0 Å². The standard InChI is InChI=1S/C21H17N3O/c1-13-8-10-15-16-11-9-14(2)22-21(16)25-20(15)19(13)24-12-23(3)17-6-4-5-7-18(17)24/h4-11H,1-3H3. The van der Waals surface area contributed by atoms with Gasteiger partial charge in [-0.25, -0.2) is 4.98 Å². The van der Waals surface area contributed by atoms with Gasteiger partial charge in [0.05, 0.1) is 17.1 Å². The van der Waals surface area contributed by atoms with E-state index in [4.69, 9.17) is 4.42 Å². The number of anilines is 3. The number of para-hydroxylation sites is 2. The van der Waals surface area contributed by atoms with Crippen molar-refractivity contribution >= 4 is 39.1 Å². The molecule has 0 N–H and O–H groups in total. The van der Waals surface area contributed by atoms with Gasteiger partial charge in [-0.3, -0.25) is 0 Å². The second-order valence-corrected chi connectivity index (χ2v) is 6.50. The highest BCUT2D eigenvalue weighted by Gasteiger charge is 2.29. The summed E-state index contributed by atoms with van der Waals surface area (Å²) >= 11 is 0. The third kappa shape index (κ3) is 1.97. The Morgan fingerprint density at radius 3 is 2.52 bits per heavy atom. The molecule has 5 rings (SSSR count). The molecule has 1 aliphatic heterocycles. The van der Waals surface area contributed by atoms with Crippen LogP contribution >= 0.6 is 0 Å². The zero-order valence-corrected chi connectivity index (χ0v) is 14.4. The fourth-order valence-electron chi connectivity index (χ4n) is 3.54. The van der Waals surface area contributed by atoms with E-state index in [-0.39, 0.29) is 0 Å². The summed E-state index contributed by atoms with van der Waals surface area (Å²) in [6.45, 7) is 7.49. The van der Waals surface area contributed by atoms with Crippen LogP contribution in [0, 0.1) is 20.5 Å². The van der Waals surface area contributed by atoms with Crippen molar-refractivity contribution in [2.75, 3.05) is 16.8 Å². The lowest BCUT2D eigenvalue weighted by atomic mass is 10.1. The molecule has 3 heterocycles. The molecule has 0 unspecified atom stereocenters. The molecule has 4 heteroatoms. The van der Waals surface area contributed by atoms with E-state index in [0.717, 1.165) is 44.7 Å². The zero-order chi connectivity index (χ0) is 17.1. The van der Waals surface area contributed by atoms with Crippen LogP contribution in [-0.4, -0.2) is 12.0 Å². The summed E-state index contributed by atoms with van der Waals surface area (Å²) in [7, 11) is 2.01. The number of pyridine rings is 1. The smallest absolute Gasteiger partial charge is 0.227 e. The highest BCUT2D eigenvalue weighted by Crippen LogP contribution is 2.46. The number of rotatable bonds is 1. The number of benzene rings is 2. The largest absolute Gasteiger partial charge is 0.435 e. The number of aryl methyl sites for hydroxylation is 2. The molecule has 1 aliphatic rings. The maximum atomic E-state index is 6.20. The molecule has 0 saturated carbocycles. The van der Waals surface area contributed by atoms with Gasteiger partial charge in [0.25, 0.3) is 0 Å². The van der Waals surface area contributed by atoms with Crippen LogP contribution in [0.25, 0.3) is 22.1 Å². The number of fused-ring (bicyclic) bond motifs is 4. The van der Waals surface area contributed by atoms with E-state index in [9.17, 15) is 0 Å². The van der Waals surface area contributed by atoms with E-state index in [1.165, 1.54) is 0 Å². The Morgan fingerprint density at radius 1 is 0.920 bits per heavy atom. The molecule has 2 aromatic heterocycles. The Labute approximate surface area is 146 Å². The third-order valence-corrected chi connectivity index (χ3v) is 4.78. The topological polar surface area (TPSA) is 32.5 Å². The van der Waals surface area contributed by atoms with Crippen LogP contribution in [0.3, 0.4) is 0 Å². The van der Waals surface area contributed by atoms with Crippen LogP contribution in [-0.2, 0) is 0 Å². The van der Waals surface area contributed by atoms with Gasteiger partial charge in [-0.2, -0.15) is 0 Å². The zero-order valence-electron chi connectivity index (χ0n) is 14.4. The molecule has 0 spiro atoms. The minimum Gasteiger partial charge on any atom is -0.435 e. The maximum Gasteiger partial charge on any atom is 0.227 e. The summed E-state index contributed by atoms with van der Waals surface area (Å²) in [6, 6.07) is 16.6. The van der Waals surface area contributed by atoms with Crippen molar-refractivity contribution in [2.24, 2.45) is 0 Å². The fraction of sp³-hybridized carbons (Fsp3) is 0.143. The van der Waals surface area contributed by atoms with Gasteiger partial charge < -0.3 is 14.2 Å². The van der Waals surface area contributed by atoms with Gasteiger partial charge in [-0.15, -0.1) is 0 Å². The Kier molecular flexibility index (Phi) is 2.86. The summed E-state index contributed by atoms with van der Waals surface area (Å²) in [6.07, 6.45) is 0. The maximum absolute atomic E-state index is 6.20. The Bertz CT molecular complexity index is 1130. The molecule has 2 aromatic carbocycles. The summed E-state index contributed by atoms with van der Waals surface area (Å²) < 4.78 is 6.20. The lowest BCUT2D eigenvalue weighted by Gasteiger charge is -2.20. The molecule has 0 fully saturated rings. The normalized spacial score (nSPS) is 13.9. The second kappa shape index (κ2) is 4.99. The molecule has 0 amide bonds. The Morgan fingerprint density at radius 2 is 1.68 bits per heavy atom. The van der Waals surface area contributed by atoms with Crippen molar-refractivity contribution in [3.05, 3.63) is 66.5 Å². The average Bonchev–Trinajstić information content (AvgIpc) is 3.12. The van der Waals surface area contributed by atoms with Crippen LogP contribution in [0.1, 0.15) is 11.3 Å². The van der Waals surface area contributed by atoms with Crippen LogP contribution in [0.2, 0.25) is 0 Å². The SMILES string of the molecule is Cc1ccc2c(n1)oc1c(N3[C]N(C)c4ccccc43)c(C)ccc12. The van der Waals surface area contributed by atoms with Gasteiger partial charge in [0, 0.05) is 23.5 Å². The lowest BCUT2D eigenvalue weighted by molar-refractivity contribution is 0.652. The molecular weight excluding hydrogens is 310 g/mol. The number of hydrogen-bond donors (Lipinski definition) is 0. The molecule has 4 nitrogen and oxygen atoms in total. The number of nitrogens with zero attached hydrogens (tertiary/aromatic N) is 3. The summed E-state index contributed by atoms with van der Waals surface area (Å²) in [5, 5.41) is 2.12. The minimum absolute atomic E-state index is 0.683. The van der Waals surface area contributed by atoms with E-state index < -0.39 is 0 Å². The van der Waals surface area contributed by atoms with E-state index in [2.05, 4.69) is 53.8 Å². The molecule has 0 aliphatic carbocycles. The highest BCUT2D eigenvalue weighted by atomic mass is 16.3. The second-order valence-electron chi connectivity index (χ2n) is 6.50. The Hall–Kier alpha value is -3.01. The quantitative estimate of drug-likeness (QED) is 0.482. The monoisotopic (exact) mass is 327 g/mol. The highest BCUT2D eigenvalue weighted by molar-refractivity contribution is 6.10. The molecule has 0 bridgehead atoms. The van der Waals surface area contributed by atoms with E-state index in [0.29, 0.717) is 5.71 Å². The predicted molar refractivity (Wildman–Crippen MR) is 101 cm³/mol. The molecule has 122 valence electrons. The molecular formula is C21H17N3O. The van der Waals surface area contributed by atoms with Crippen molar-refractivity contribution in [2.45, 2.75) is 13.8 Å². The van der Waals surface area contributed by atoms with Crippen molar-refractivity contribution < 1.29 is 4.42 Å². The molecule has 4 aromatic rings. The van der Waals surface area contributed by atoms with Crippen LogP contribution in [0.15, 0.2) is 52.9 Å². The number of furan rings is 1. The first kappa shape index (κ1) is 14.3. The van der Waals surface area contributed by atoms with Crippen LogP contribution in [0.4, 0.5) is 17.1 Å². The average molecular weight is 327 g/mol. The van der Waals surface area contributed by atoms with Gasteiger partial charge in [-0.1, -0.05) is 24.3 Å². The first-order valence-electron chi connectivity index (χ1n) is 8.32. The summed E-state index contributed by atoms with van der Waals surface area (Å²) in [5.74, 6) is 0. The molecule has 25 heavy (non-hydrogen) atoms. The van der Waals surface area contributed by atoms with E-state index >= 15 is 0 Å². The van der Waals surface area contributed by atoms with Gasteiger partial charge >= 0.3 is 0 Å². The van der Waals surface area contributed by atoms with E-state index in [1.54, 1.807) is 0 Å². The van der Waals surface area contributed by atoms with E-state index in [1.807, 2.05) is 37.1 Å². The molecule has 2 radical (unpaired) electrons.